The van der Waals surface area contributed by atoms with Gasteiger partial charge < -0.3 is 15.0 Å². The van der Waals surface area contributed by atoms with E-state index in [1.165, 1.54) is 31.7 Å². The molecule has 0 radical (unpaired) electrons. The van der Waals surface area contributed by atoms with Crippen LogP contribution in [-0.2, 0) is 21.4 Å². The number of imidazole rings is 1. The molecule has 0 bridgehead atoms. The zero-order valence-electron chi connectivity index (χ0n) is 21.6. The fourth-order valence-corrected chi connectivity index (χ4v) is 6.90. The summed E-state index contributed by atoms with van der Waals surface area (Å²) in [6.45, 7) is -0.0386. The van der Waals surface area contributed by atoms with E-state index in [2.05, 4.69) is 10.3 Å². The number of hydrogen-bond donors (Lipinski definition) is 2. The zero-order chi connectivity index (χ0) is 28.5. The predicted octanol–water partition coefficient (Wildman–Crippen LogP) is 4.26. The van der Waals surface area contributed by atoms with Crippen molar-refractivity contribution in [1.82, 2.24) is 19.2 Å². The van der Waals surface area contributed by atoms with Gasteiger partial charge in [-0.3, -0.25) is 9.59 Å². The van der Waals surface area contributed by atoms with Gasteiger partial charge in [-0.15, -0.1) is 0 Å². The molecule has 1 saturated carbocycles. The Morgan fingerprint density at radius 1 is 1.05 bits per heavy atom. The molecule has 2 N–H and O–H groups in total. The van der Waals surface area contributed by atoms with Crippen molar-refractivity contribution in [3.05, 3.63) is 108 Å². The summed E-state index contributed by atoms with van der Waals surface area (Å²) >= 11 is 5.99. The lowest BCUT2D eigenvalue weighted by Crippen LogP contribution is -2.49. The Hall–Kier alpha value is -3.99. The number of nitrogens with one attached hydrogen (secondary N) is 1. The molecule has 2 atom stereocenters. The first kappa shape index (κ1) is 27.6. The van der Waals surface area contributed by atoms with Crippen LogP contribution >= 0.6 is 11.6 Å². The average Bonchev–Trinajstić information content (AvgIpc) is 3.54. The number of carbonyl (C=O) groups is 2. The molecule has 4 aromatic rings. The number of amides is 1. The summed E-state index contributed by atoms with van der Waals surface area (Å²) in [5.74, 6) is -2.10. The number of aromatic nitrogens is 2. The van der Waals surface area contributed by atoms with Crippen LogP contribution in [0, 0.1) is 0 Å². The lowest BCUT2D eigenvalue weighted by molar-refractivity contribution is -0.143. The van der Waals surface area contributed by atoms with Gasteiger partial charge in [-0.25, -0.2) is 13.4 Å². The SMILES string of the molecule is CNC(=O)c1cn(CCN(C2(C(=O)O)CC2c2ccccc2)S(=O)(=O)c2ccc(-c3ccc(Cl)cc3)cc2)cn1. The minimum absolute atomic E-state index is 0.0127. The van der Waals surface area contributed by atoms with Gasteiger partial charge in [-0.05, 0) is 47.4 Å². The smallest absolute Gasteiger partial charge is 0.325 e. The Balaban J connectivity index is 1.50. The molecule has 40 heavy (non-hydrogen) atoms. The van der Waals surface area contributed by atoms with E-state index in [1.54, 1.807) is 41.0 Å². The van der Waals surface area contributed by atoms with Crippen LogP contribution < -0.4 is 5.32 Å². The average molecular weight is 579 g/mol. The van der Waals surface area contributed by atoms with Gasteiger partial charge >= 0.3 is 5.97 Å². The zero-order valence-corrected chi connectivity index (χ0v) is 23.1. The van der Waals surface area contributed by atoms with Crippen molar-refractivity contribution in [2.24, 2.45) is 0 Å². The molecule has 0 saturated heterocycles. The van der Waals surface area contributed by atoms with Gasteiger partial charge in [-0.2, -0.15) is 4.31 Å². The molecular formula is C29H27ClN4O5S. The largest absolute Gasteiger partial charge is 0.480 e. The van der Waals surface area contributed by atoms with E-state index in [0.717, 1.165) is 21.0 Å². The molecule has 1 heterocycles. The molecule has 9 nitrogen and oxygen atoms in total. The van der Waals surface area contributed by atoms with Crippen molar-refractivity contribution in [2.45, 2.75) is 29.3 Å². The molecule has 5 rings (SSSR count). The molecule has 1 aliphatic carbocycles. The highest BCUT2D eigenvalue weighted by Gasteiger charge is 2.67. The van der Waals surface area contributed by atoms with Gasteiger partial charge in [0.15, 0.2) is 0 Å². The first-order chi connectivity index (χ1) is 19.2. The van der Waals surface area contributed by atoms with Crippen molar-refractivity contribution in [3.8, 4) is 11.1 Å². The van der Waals surface area contributed by atoms with Crippen LogP contribution in [0.4, 0.5) is 0 Å². The second kappa shape index (κ2) is 10.9. The van der Waals surface area contributed by atoms with Crippen LogP contribution in [0.5, 0.6) is 0 Å². The Morgan fingerprint density at radius 3 is 2.27 bits per heavy atom. The second-order valence-electron chi connectivity index (χ2n) is 9.58. The van der Waals surface area contributed by atoms with E-state index in [-0.39, 0.29) is 36.0 Å². The lowest BCUT2D eigenvalue weighted by Gasteiger charge is -2.29. The number of carbonyl (C=O) groups excluding carboxylic acids is 1. The van der Waals surface area contributed by atoms with Gasteiger partial charge in [0.25, 0.3) is 5.91 Å². The molecule has 11 heteroatoms. The summed E-state index contributed by atoms with van der Waals surface area (Å²) in [5.41, 5.74) is 0.942. The number of sulfonamides is 1. The van der Waals surface area contributed by atoms with Crippen LogP contribution in [0.2, 0.25) is 5.02 Å². The summed E-state index contributed by atoms with van der Waals surface area (Å²) in [6.07, 6.45) is 3.06. The molecule has 1 aliphatic rings. The van der Waals surface area contributed by atoms with Gasteiger partial charge in [0, 0.05) is 37.3 Å². The maximum Gasteiger partial charge on any atom is 0.325 e. The Morgan fingerprint density at radius 2 is 1.68 bits per heavy atom. The third-order valence-corrected chi connectivity index (χ3v) is 9.43. The van der Waals surface area contributed by atoms with Crippen LogP contribution in [-0.4, -0.2) is 58.4 Å². The highest BCUT2D eigenvalue weighted by atomic mass is 35.5. The predicted molar refractivity (Wildman–Crippen MR) is 151 cm³/mol. The van der Waals surface area contributed by atoms with E-state index < -0.39 is 27.4 Å². The molecule has 1 aromatic heterocycles. The second-order valence-corrected chi connectivity index (χ2v) is 11.9. The number of carboxylic acid groups (broad SMARTS) is 1. The van der Waals surface area contributed by atoms with Crippen molar-refractivity contribution in [3.63, 3.8) is 0 Å². The maximum atomic E-state index is 14.1. The number of aliphatic carboxylic acids is 1. The molecular weight excluding hydrogens is 552 g/mol. The van der Waals surface area contributed by atoms with Crippen LogP contribution in [0.3, 0.4) is 0 Å². The highest BCUT2D eigenvalue weighted by molar-refractivity contribution is 7.89. The Kier molecular flexibility index (Phi) is 7.50. The third kappa shape index (κ3) is 5.13. The van der Waals surface area contributed by atoms with Crippen molar-refractivity contribution < 1.29 is 23.1 Å². The summed E-state index contributed by atoms with van der Waals surface area (Å²) in [4.78, 5) is 28.8. The number of halogens is 1. The van der Waals surface area contributed by atoms with E-state index in [4.69, 9.17) is 11.6 Å². The topological polar surface area (TPSA) is 122 Å². The lowest BCUT2D eigenvalue weighted by atomic mass is 10.1. The monoisotopic (exact) mass is 578 g/mol. The first-order valence-electron chi connectivity index (χ1n) is 12.6. The van der Waals surface area contributed by atoms with Gasteiger partial charge in [0.05, 0.1) is 11.2 Å². The molecule has 1 amide bonds. The Bertz CT molecular complexity index is 1640. The van der Waals surface area contributed by atoms with Crippen molar-refractivity contribution >= 4 is 33.5 Å². The van der Waals surface area contributed by atoms with E-state index in [9.17, 15) is 23.1 Å². The van der Waals surface area contributed by atoms with Crippen LogP contribution in [0.25, 0.3) is 11.1 Å². The first-order valence-corrected chi connectivity index (χ1v) is 14.4. The summed E-state index contributed by atoms with van der Waals surface area (Å²) < 4.78 is 30.9. The molecule has 1 fully saturated rings. The fraction of sp³-hybridized carbons (Fsp3) is 0.207. The van der Waals surface area contributed by atoms with Gasteiger partial charge in [0.2, 0.25) is 10.0 Å². The molecule has 0 aliphatic heterocycles. The van der Waals surface area contributed by atoms with Crippen LogP contribution in [0.1, 0.15) is 28.4 Å². The highest BCUT2D eigenvalue weighted by Crippen LogP contribution is 2.57. The minimum Gasteiger partial charge on any atom is -0.480 e. The van der Waals surface area contributed by atoms with Gasteiger partial charge in [-0.1, -0.05) is 66.2 Å². The van der Waals surface area contributed by atoms with E-state index >= 15 is 0 Å². The Labute approximate surface area is 237 Å². The standard InChI is InChI=1S/C29H27ClN4O5S/c1-31-27(35)26-18-33(19-32-26)15-16-34(29(28(36)37)17-25(29)22-5-3-2-4-6-22)40(38,39)24-13-9-21(10-14-24)20-7-11-23(30)12-8-20/h2-14,18-19,25H,15-17H2,1H3,(H,31,35)(H,36,37). The van der Waals surface area contributed by atoms with Crippen molar-refractivity contribution in [2.75, 3.05) is 13.6 Å². The van der Waals surface area contributed by atoms with Gasteiger partial charge in [0.1, 0.15) is 11.2 Å². The summed E-state index contributed by atoms with van der Waals surface area (Å²) in [5, 5.41) is 13.5. The molecule has 2 unspecified atom stereocenters. The van der Waals surface area contributed by atoms with Crippen LogP contribution in [0.15, 0.2) is 96.3 Å². The van der Waals surface area contributed by atoms with E-state index in [0.29, 0.717) is 5.02 Å². The number of nitrogens with zero attached hydrogens (tertiary/aromatic N) is 3. The maximum absolute atomic E-state index is 14.1. The fourth-order valence-electron chi connectivity index (χ4n) is 5.01. The number of benzene rings is 3. The number of hydrogen-bond acceptors (Lipinski definition) is 5. The normalized spacial score (nSPS) is 18.4. The molecule has 0 spiro atoms. The van der Waals surface area contributed by atoms with Crippen molar-refractivity contribution in [1.29, 1.82) is 0 Å². The van der Waals surface area contributed by atoms with E-state index in [1.807, 2.05) is 30.3 Å². The minimum atomic E-state index is -4.25. The third-order valence-electron chi connectivity index (χ3n) is 7.22. The molecule has 3 aromatic carbocycles. The summed E-state index contributed by atoms with van der Waals surface area (Å²) in [7, 11) is -2.77. The molecule has 206 valence electrons. The summed E-state index contributed by atoms with van der Waals surface area (Å²) in [6, 6.07) is 22.6. The number of rotatable bonds is 10. The number of carboxylic acids is 1. The quantitative estimate of drug-likeness (QED) is 0.290.